The van der Waals surface area contributed by atoms with Gasteiger partial charge in [-0.3, -0.25) is 0 Å². The summed E-state index contributed by atoms with van der Waals surface area (Å²) in [4.78, 5) is 0. The van der Waals surface area contributed by atoms with Crippen LogP contribution in [-0.2, 0) is 0 Å². The first kappa shape index (κ1) is 35.7. The van der Waals surface area contributed by atoms with Crippen molar-refractivity contribution in [3.05, 3.63) is 91.6 Å². The zero-order valence-corrected chi connectivity index (χ0v) is 29.1. The molecule has 0 aliphatic heterocycles. The molecule has 0 bridgehead atoms. The number of benzene rings is 2. The van der Waals surface area contributed by atoms with Gasteiger partial charge in [0.15, 0.2) is 0 Å². The maximum Gasteiger partial charge on any atom is 0.104 e. The number of hydrogen-bond acceptors (Lipinski definition) is 3. The molecular weight excluding hydrogens is 559 g/mol. The number of halogens is 2. The molecule has 0 aliphatic rings. The standard InChI is InChI=1S/C30H42Cl2O2Si2.C2H6O/c1-29(2,3)35(7,8)25(27(33)21-11-15-23(31)16-12-21)19-20-26(36(9,10)30(4,5)6)28(34)22-13-17-24(32)18-14-22;1-2-3/h11-18,27-28,33-34H,1-10H3;3H,2H2,1H3/t27-,28+;. The van der Waals surface area contributed by atoms with Crippen molar-refractivity contribution in [2.24, 2.45) is 0 Å². The first-order chi connectivity index (χ1) is 17.7. The van der Waals surface area contributed by atoms with E-state index in [-0.39, 0.29) is 16.7 Å². The SMILES string of the molecule is CC(C)(C)[Si](C)(C)C(=C=C=C([C@H](O)c1ccc(Cl)cc1)[Si](C)(C)C(C)(C)C)[C@@H](O)c1ccc(Cl)cc1.CCO. The second-order valence-electron chi connectivity index (χ2n) is 13.1. The fraction of sp³-hybridized carbons (Fsp3) is 0.500. The van der Waals surface area contributed by atoms with E-state index in [0.717, 1.165) is 21.5 Å². The minimum absolute atomic E-state index is 0.0314. The summed E-state index contributed by atoms with van der Waals surface area (Å²) in [6.07, 6.45) is -1.66. The molecule has 0 aliphatic carbocycles. The van der Waals surface area contributed by atoms with Crippen LogP contribution in [-0.4, -0.2) is 38.1 Å². The van der Waals surface area contributed by atoms with Crippen LogP contribution in [0.2, 0.25) is 46.3 Å². The molecule has 0 radical (unpaired) electrons. The number of aliphatic hydroxyl groups is 3. The van der Waals surface area contributed by atoms with E-state index in [0.29, 0.717) is 10.0 Å². The normalized spacial score (nSPS) is 13.8. The molecular formula is C32H48Cl2O3Si2. The molecule has 0 unspecified atom stereocenters. The lowest BCUT2D eigenvalue weighted by Gasteiger charge is -2.40. The molecule has 0 saturated heterocycles. The molecule has 2 atom stereocenters. The van der Waals surface area contributed by atoms with Crippen molar-refractivity contribution in [3.8, 4) is 0 Å². The van der Waals surface area contributed by atoms with E-state index in [4.69, 9.17) is 28.3 Å². The van der Waals surface area contributed by atoms with Gasteiger partial charge in [-0.1, -0.05) is 127 Å². The van der Waals surface area contributed by atoms with Crippen LogP contribution in [0.1, 0.15) is 71.8 Å². The van der Waals surface area contributed by atoms with Crippen LogP contribution >= 0.6 is 23.2 Å². The Hall–Kier alpha value is -1.37. The Morgan fingerprint density at radius 2 is 0.897 bits per heavy atom. The van der Waals surface area contributed by atoms with E-state index in [1.165, 1.54) is 0 Å². The zero-order chi connectivity index (χ0) is 30.4. The van der Waals surface area contributed by atoms with Gasteiger partial charge < -0.3 is 15.3 Å². The molecule has 0 heterocycles. The molecule has 0 amide bonds. The van der Waals surface area contributed by atoms with Gasteiger partial charge in [0.25, 0.3) is 0 Å². The molecule has 2 rings (SSSR count). The van der Waals surface area contributed by atoms with Gasteiger partial charge in [0, 0.05) is 16.7 Å². The van der Waals surface area contributed by atoms with E-state index < -0.39 is 28.4 Å². The van der Waals surface area contributed by atoms with Crippen LogP contribution in [0, 0.1) is 0 Å². The van der Waals surface area contributed by atoms with E-state index in [1.807, 2.05) is 24.3 Å². The topological polar surface area (TPSA) is 60.7 Å². The molecule has 2 aromatic carbocycles. The lowest BCUT2D eigenvalue weighted by molar-refractivity contribution is 0.220. The van der Waals surface area contributed by atoms with Gasteiger partial charge in [-0.2, -0.15) is 0 Å². The third kappa shape index (κ3) is 9.06. The van der Waals surface area contributed by atoms with Gasteiger partial charge in [0.1, 0.15) is 12.2 Å². The predicted molar refractivity (Wildman–Crippen MR) is 174 cm³/mol. The lowest BCUT2D eigenvalue weighted by atomic mass is 10.1. The summed E-state index contributed by atoms with van der Waals surface area (Å²) in [5.74, 6) is 0. The van der Waals surface area contributed by atoms with Crippen LogP contribution in [0.5, 0.6) is 0 Å². The second kappa shape index (κ2) is 14.0. The van der Waals surface area contributed by atoms with Crippen molar-refractivity contribution < 1.29 is 15.3 Å². The van der Waals surface area contributed by atoms with Gasteiger partial charge in [0.2, 0.25) is 0 Å². The van der Waals surface area contributed by atoms with Crippen molar-refractivity contribution in [2.45, 2.75) is 96.9 Å². The Morgan fingerprint density at radius 3 is 1.10 bits per heavy atom. The number of hydrogen-bond donors (Lipinski definition) is 3. The minimum Gasteiger partial charge on any atom is -0.397 e. The fourth-order valence-electron chi connectivity index (χ4n) is 3.70. The quantitative estimate of drug-likeness (QED) is 0.226. The Balaban J connectivity index is 0.00000242. The molecule has 0 fully saturated rings. The van der Waals surface area contributed by atoms with Gasteiger partial charge in [-0.25, -0.2) is 0 Å². The minimum atomic E-state index is -2.22. The predicted octanol–water partition coefficient (Wildman–Crippen LogP) is 9.46. The van der Waals surface area contributed by atoms with Crippen LogP contribution in [0.25, 0.3) is 0 Å². The Morgan fingerprint density at radius 1 is 0.667 bits per heavy atom. The van der Waals surface area contributed by atoms with E-state index in [2.05, 4.69) is 79.2 Å². The largest absolute Gasteiger partial charge is 0.397 e. The summed E-state index contributed by atoms with van der Waals surface area (Å²) in [6.45, 7) is 24.3. The van der Waals surface area contributed by atoms with Crippen molar-refractivity contribution in [3.63, 3.8) is 0 Å². The summed E-state index contributed by atoms with van der Waals surface area (Å²) in [6, 6.07) is 14.7. The van der Waals surface area contributed by atoms with E-state index in [1.54, 1.807) is 31.2 Å². The summed E-state index contributed by atoms with van der Waals surface area (Å²) < 4.78 is 0. The van der Waals surface area contributed by atoms with Crippen LogP contribution in [0.3, 0.4) is 0 Å². The van der Waals surface area contributed by atoms with Crippen LogP contribution < -0.4 is 0 Å². The second-order valence-corrected chi connectivity index (χ2v) is 24.5. The van der Waals surface area contributed by atoms with E-state index >= 15 is 0 Å². The highest BCUT2D eigenvalue weighted by atomic mass is 35.5. The third-order valence-electron chi connectivity index (χ3n) is 8.35. The number of aliphatic hydroxyl groups excluding tert-OH is 3. The Kier molecular flexibility index (Phi) is 12.8. The average molecular weight is 608 g/mol. The lowest BCUT2D eigenvalue weighted by Crippen LogP contribution is -2.42. The van der Waals surface area contributed by atoms with Crippen molar-refractivity contribution in [1.29, 1.82) is 0 Å². The molecule has 0 aromatic heterocycles. The number of rotatable bonds is 6. The summed E-state index contributed by atoms with van der Waals surface area (Å²) in [5.41, 5.74) is 8.51. The molecule has 39 heavy (non-hydrogen) atoms. The van der Waals surface area contributed by atoms with Crippen LogP contribution in [0.15, 0.2) is 70.4 Å². The van der Waals surface area contributed by atoms with Gasteiger partial charge in [0.05, 0.1) is 16.1 Å². The van der Waals surface area contributed by atoms with E-state index in [9.17, 15) is 10.2 Å². The van der Waals surface area contributed by atoms with Crippen molar-refractivity contribution in [2.75, 3.05) is 6.61 Å². The van der Waals surface area contributed by atoms with Crippen LogP contribution in [0.4, 0.5) is 0 Å². The molecule has 3 N–H and O–H groups in total. The highest BCUT2D eigenvalue weighted by molar-refractivity contribution is 6.87. The molecule has 3 nitrogen and oxygen atoms in total. The molecule has 2 aromatic rings. The van der Waals surface area contributed by atoms with Gasteiger partial charge in [-0.15, -0.1) is 0 Å². The molecule has 7 heteroatoms. The fourth-order valence-corrected chi connectivity index (χ4v) is 8.02. The summed E-state index contributed by atoms with van der Waals surface area (Å²) in [7, 11) is -4.45. The smallest absolute Gasteiger partial charge is 0.104 e. The third-order valence-corrected chi connectivity index (χ3v) is 19.8. The Bertz CT molecular complexity index is 1080. The van der Waals surface area contributed by atoms with Crippen molar-refractivity contribution >= 4 is 39.3 Å². The first-order valence-electron chi connectivity index (χ1n) is 13.5. The van der Waals surface area contributed by atoms with Gasteiger partial charge in [-0.05, 0) is 62.8 Å². The monoisotopic (exact) mass is 606 g/mol. The summed E-state index contributed by atoms with van der Waals surface area (Å²) >= 11 is 12.2. The average Bonchev–Trinajstić information content (AvgIpc) is 2.81. The summed E-state index contributed by atoms with van der Waals surface area (Å²) in [5, 5.41) is 33.7. The Labute approximate surface area is 248 Å². The maximum atomic E-state index is 11.6. The zero-order valence-electron chi connectivity index (χ0n) is 25.6. The highest BCUT2D eigenvalue weighted by Gasteiger charge is 2.43. The molecule has 0 saturated carbocycles. The highest BCUT2D eigenvalue weighted by Crippen LogP contribution is 2.46. The van der Waals surface area contributed by atoms with Crippen molar-refractivity contribution in [1.82, 2.24) is 0 Å². The molecule has 216 valence electrons. The first-order valence-corrected chi connectivity index (χ1v) is 20.2. The molecule has 0 spiro atoms. The van der Waals surface area contributed by atoms with Gasteiger partial charge >= 0.3 is 0 Å². The maximum absolute atomic E-state index is 11.6.